The van der Waals surface area contributed by atoms with Gasteiger partial charge in [0.2, 0.25) is 0 Å². The van der Waals surface area contributed by atoms with Crippen LogP contribution in [0.3, 0.4) is 0 Å². The Kier molecular flexibility index (Phi) is 6.89. The molecule has 3 fully saturated rings. The number of rotatable bonds is 3. The van der Waals surface area contributed by atoms with Crippen molar-refractivity contribution in [2.24, 2.45) is 5.41 Å². The SMILES string of the molecule is CC(C)(C)OC(=O)N1CCC2(CCCNC2S(=O)(=O)c2ccc(N3CCOCC3)nc2)CC1. The van der Waals surface area contributed by atoms with Crippen molar-refractivity contribution in [1.82, 2.24) is 15.2 Å². The minimum absolute atomic E-state index is 0.243. The number of amides is 1. The van der Waals surface area contributed by atoms with Crippen LogP contribution < -0.4 is 10.2 Å². The predicted octanol–water partition coefficient (Wildman–Crippen LogP) is 2.42. The minimum Gasteiger partial charge on any atom is -0.444 e. The first kappa shape index (κ1) is 24.2. The zero-order valence-electron chi connectivity index (χ0n) is 19.9. The Bertz CT molecular complexity index is 931. The van der Waals surface area contributed by atoms with Crippen LogP contribution in [0.2, 0.25) is 0 Å². The van der Waals surface area contributed by atoms with Gasteiger partial charge >= 0.3 is 6.09 Å². The first-order valence-electron chi connectivity index (χ1n) is 11.8. The van der Waals surface area contributed by atoms with E-state index in [9.17, 15) is 13.2 Å². The molecule has 0 aliphatic carbocycles. The van der Waals surface area contributed by atoms with Gasteiger partial charge in [0, 0.05) is 37.8 Å². The molecule has 1 unspecified atom stereocenters. The number of carbonyl (C=O) groups is 1. The zero-order chi connectivity index (χ0) is 23.7. The smallest absolute Gasteiger partial charge is 0.410 e. The van der Waals surface area contributed by atoms with E-state index in [1.54, 1.807) is 17.0 Å². The summed E-state index contributed by atoms with van der Waals surface area (Å²) in [5.74, 6) is 0.772. The summed E-state index contributed by atoms with van der Waals surface area (Å²) in [5, 5.41) is 2.62. The van der Waals surface area contributed by atoms with E-state index in [0.29, 0.717) is 45.7 Å². The predicted molar refractivity (Wildman–Crippen MR) is 125 cm³/mol. The van der Waals surface area contributed by atoms with Gasteiger partial charge in [0.05, 0.1) is 18.1 Å². The van der Waals surface area contributed by atoms with E-state index < -0.39 is 26.2 Å². The maximum absolute atomic E-state index is 13.7. The van der Waals surface area contributed by atoms with E-state index >= 15 is 0 Å². The Balaban J connectivity index is 1.49. The number of carbonyl (C=O) groups excluding carboxylic acids is 1. The van der Waals surface area contributed by atoms with Crippen LogP contribution >= 0.6 is 0 Å². The van der Waals surface area contributed by atoms with E-state index in [2.05, 4.69) is 15.2 Å². The number of nitrogens with one attached hydrogen (secondary N) is 1. The van der Waals surface area contributed by atoms with Gasteiger partial charge in [-0.25, -0.2) is 18.2 Å². The summed E-state index contributed by atoms with van der Waals surface area (Å²) >= 11 is 0. The van der Waals surface area contributed by atoms with Crippen LogP contribution in [0.5, 0.6) is 0 Å². The quantitative estimate of drug-likeness (QED) is 0.704. The Morgan fingerprint density at radius 1 is 1.15 bits per heavy atom. The molecule has 1 aromatic rings. The summed E-state index contributed by atoms with van der Waals surface area (Å²) in [6.07, 6.45) is 4.16. The molecule has 4 heterocycles. The number of nitrogens with zero attached hydrogens (tertiary/aromatic N) is 3. The summed E-state index contributed by atoms with van der Waals surface area (Å²) in [7, 11) is -3.64. The fourth-order valence-electron chi connectivity index (χ4n) is 5.09. The number of aromatic nitrogens is 1. The molecule has 3 saturated heterocycles. The minimum atomic E-state index is -3.64. The number of pyridine rings is 1. The first-order valence-corrected chi connectivity index (χ1v) is 13.4. The summed E-state index contributed by atoms with van der Waals surface area (Å²) in [5.41, 5.74) is -0.955. The van der Waals surface area contributed by atoms with Gasteiger partial charge in [0.25, 0.3) is 0 Å². The largest absolute Gasteiger partial charge is 0.444 e. The average molecular weight is 481 g/mol. The second-order valence-corrected chi connectivity index (χ2v) is 12.3. The maximum Gasteiger partial charge on any atom is 0.410 e. The Hall–Kier alpha value is -1.91. The molecule has 4 rings (SSSR count). The maximum atomic E-state index is 13.7. The van der Waals surface area contributed by atoms with E-state index in [1.165, 1.54) is 6.20 Å². The molecule has 1 atom stereocenters. The van der Waals surface area contributed by atoms with E-state index in [-0.39, 0.29) is 11.0 Å². The van der Waals surface area contributed by atoms with Crippen molar-refractivity contribution in [3.8, 4) is 0 Å². The van der Waals surface area contributed by atoms with Gasteiger partial charge in [-0.2, -0.15) is 0 Å². The number of morpholine rings is 1. The third-order valence-electron chi connectivity index (χ3n) is 6.84. The van der Waals surface area contributed by atoms with Gasteiger partial charge in [0.15, 0.2) is 9.84 Å². The molecule has 0 bridgehead atoms. The highest BCUT2D eigenvalue weighted by Crippen LogP contribution is 2.45. The van der Waals surface area contributed by atoms with Crippen molar-refractivity contribution in [2.75, 3.05) is 50.8 Å². The van der Waals surface area contributed by atoms with E-state index in [4.69, 9.17) is 9.47 Å². The van der Waals surface area contributed by atoms with Gasteiger partial charge in [-0.15, -0.1) is 0 Å². The van der Waals surface area contributed by atoms with E-state index in [0.717, 1.165) is 31.7 Å². The fraction of sp³-hybridized carbons (Fsp3) is 0.739. The second-order valence-electron chi connectivity index (χ2n) is 10.3. The van der Waals surface area contributed by atoms with Crippen LogP contribution in [-0.4, -0.2) is 81.3 Å². The average Bonchev–Trinajstić information content (AvgIpc) is 2.79. The second kappa shape index (κ2) is 9.38. The standard InChI is InChI=1S/C23H36N4O5S/c1-22(2,3)32-21(28)27-11-8-23(9-12-27)7-4-10-24-20(23)33(29,30)18-5-6-19(25-17-18)26-13-15-31-16-14-26/h5-6,17,20,24H,4,7-16H2,1-3H3. The van der Waals surface area contributed by atoms with Gasteiger partial charge in [-0.1, -0.05) is 0 Å². The van der Waals surface area contributed by atoms with Crippen LogP contribution in [-0.2, 0) is 19.3 Å². The van der Waals surface area contributed by atoms with Gasteiger partial charge in [-0.3, -0.25) is 0 Å². The van der Waals surface area contributed by atoms with Crippen LogP contribution in [0.1, 0.15) is 46.5 Å². The van der Waals surface area contributed by atoms with Crippen molar-refractivity contribution in [2.45, 2.75) is 62.3 Å². The zero-order valence-corrected chi connectivity index (χ0v) is 20.7. The highest BCUT2D eigenvalue weighted by atomic mass is 32.2. The summed E-state index contributed by atoms with van der Waals surface area (Å²) in [6.45, 7) is 10.0. The normalized spacial score (nSPS) is 24.0. The molecule has 0 saturated carbocycles. The molecule has 1 amide bonds. The lowest BCUT2D eigenvalue weighted by Crippen LogP contribution is -2.58. The summed E-state index contributed by atoms with van der Waals surface area (Å²) in [6, 6.07) is 3.46. The number of hydrogen-bond acceptors (Lipinski definition) is 8. The molecule has 10 heteroatoms. The van der Waals surface area contributed by atoms with E-state index in [1.807, 2.05) is 20.8 Å². The Labute approximate surface area is 196 Å². The summed E-state index contributed by atoms with van der Waals surface area (Å²) in [4.78, 5) is 21.0. The van der Waals surface area contributed by atoms with Crippen LogP contribution in [0.4, 0.5) is 10.6 Å². The monoisotopic (exact) mass is 480 g/mol. The number of sulfone groups is 1. The van der Waals surface area contributed by atoms with Crippen LogP contribution in [0.15, 0.2) is 23.2 Å². The molecule has 9 nitrogen and oxygen atoms in total. The lowest BCUT2D eigenvalue weighted by molar-refractivity contribution is 0.00412. The third-order valence-corrected chi connectivity index (χ3v) is 9.03. The molecule has 1 spiro atoms. The lowest BCUT2D eigenvalue weighted by atomic mass is 9.73. The van der Waals surface area contributed by atoms with Crippen molar-refractivity contribution in [3.05, 3.63) is 18.3 Å². The number of piperidine rings is 2. The highest BCUT2D eigenvalue weighted by molar-refractivity contribution is 7.92. The topological polar surface area (TPSA) is 101 Å². The molecule has 1 aromatic heterocycles. The van der Waals surface area contributed by atoms with Crippen LogP contribution in [0.25, 0.3) is 0 Å². The Morgan fingerprint density at radius 3 is 2.45 bits per heavy atom. The van der Waals surface area contributed by atoms with Crippen LogP contribution in [0, 0.1) is 5.41 Å². The van der Waals surface area contributed by atoms with Gasteiger partial charge in [-0.05, 0) is 65.1 Å². The molecular formula is C23H36N4O5S. The van der Waals surface area contributed by atoms with Crippen molar-refractivity contribution < 1.29 is 22.7 Å². The molecule has 184 valence electrons. The Morgan fingerprint density at radius 2 is 1.85 bits per heavy atom. The number of ether oxygens (including phenoxy) is 2. The number of anilines is 1. The van der Waals surface area contributed by atoms with Crippen molar-refractivity contribution in [3.63, 3.8) is 0 Å². The number of hydrogen-bond donors (Lipinski definition) is 1. The van der Waals surface area contributed by atoms with Gasteiger partial charge in [0.1, 0.15) is 16.8 Å². The molecule has 1 N–H and O–H groups in total. The molecule has 33 heavy (non-hydrogen) atoms. The number of likely N-dealkylation sites (tertiary alicyclic amines) is 1. The molecule has 3 aliphatic heterocycles. The summed E-state index contributed by atoms with van der Waals surface area (Å²) < 4.78 is 38.3. The lowest BCUT2D eigenvalue weighted by Gasteiger charge is -2.48. The molecule has 3 aliphatic rings. The highest BCUT2D eigenvalue weighted by Gasteiger charge is 2.50. The third kappa shape index (κ3) is 5.27. The molecular weight excluding hydrogens is 444 g/mol. The first-order chi connectivity index (χ1) is 15.6. The van der Waals surface area contributed by atoms with Crippen molar-refractivity contribution >= 4 is 21.7 Å². The molecule has 0 radical (unpaired) electrons. The van der Waals surface area contributed by atoms with Gasteiger partial charge < -0.3 is 24.6 Å². The fourth-order valence-corrected chi connectivity index (χ4v) is 7.17. The van der Waals surface area contributed by atoms with Crippen molar-refractivity contribution in [1.29, 1.82) is 0 Å². The molecule has 0 aromatic carbocycles.